The number of hydrogen-bond donors (Lipinski definition) is 1. The average molecular weight is 298 g/mol. The monoisotopic (exact) mass is 298 g/mol. The Balaban J connectivity index is 1.54. The molecule has 2 nitrogen and oxygen atoms in total. The molecule has 2 saturated heterocycles. The Morgan fingerprint density at radius 3 is 2.19 bits per heavy atom. The van der Waals surface area contributed by atoms with E-state index in [-0.39, 0.29) is 0 Å². The minimum absolute atomic E-state index is 0.592. The summed E-state index contributed by atoms with van der Waals surface area (Å²) in [4.78, 5) is 2.49. The molecule has 2 unspecified atom stereocenters. The molecule has 2 aliphatic heterocycles. The highest BCUT2D eigenvalue weighted by Gasteiger charge is 2.38. The highest BCUT2D eigenvalue weighted by Crippen LogP contribution is 2.37. The van der Waals surface area contributed by atoms with Crippen molar-refractivity contribution in [3.05, 3.63) is 29.8 Å². The first-order chi connectivity index (χ1) is 9.93. The van der Waals surface area contributed by atoms with Crippen LogP contribution in [0.2, 0.25) is 0 Å². The van der Waals surface area contributed by atoms with Gasteiger partial charge in [0, 0.05) is 24.3 Å². The molecule has 0 aliphatic carbocycles. The summed E-state index contributed by atoms with van der Waals surface area (Å²) in [5.41, 5.74) is 0.180. The zero-order chi connectivity index (χ0) is 15.0. The highest BCUT2D eigenvalue weighted by molar-refractivity contribution is 5.45. The Morgan fingerprint density at radius 1 is 1.10 bits per heavy atom. The standard InChI is InChI=1S/C16H21F3N2/c1-21-14-6-7-15(21)9-11(8-14)10-20-13-4-2-12(3-5-13)16(17,18)19/h2-5,11,14-15,20H,6-10H2,1H3. The molecule has 2 heterocycles. The van der Waals surface area contributed by atoms with E-state index in [0.717, 1.165) is 24.4 Å². The maximum Gasteiger partial charge on any atom is 0.416 e. The fourth-order valence-electron chi connectivity index (χ4n) is 3.73. The van der Waals surface area contributed by atoms with Crippen LogP contribution in [0.25, 0.3) is 0 Å². The molecule has 5 heteroatoms. The molecule has 2 atom stereocenters. The summed E-state index contributed by atoms with van der Waals surface area (Å²) in [6.07, 6.45) is 0.711. The van der Waals surface area contributed by atoms with Crippen molar-refractivity contribution < 1.29 is 13.2 Å². The van der Waals surface area contributed by atoms with Crippen LogP contribution in [0, 0.1) is 5.92 Å². The summed E-state index contributed by atoms with van der Waals surface area (Å²) >= 11 is 0. The normalized spacial score (nSPS) is 29.6. The van der Waals surface area contributed by atoms with Crippen molar-refractivity contribution in [1.29, 1.82) is 0 Å². The number of alkyl halides is 3. The van der Waals surface area contributed by atoms with E-state index in [2.05, 4.69) is 17.3 Å². The number of piperidine rings is 1. The molecule has 1 aromatic rings. The molecule has 0 aromatic heterocycles. The highest BCUT2D eigenvalue weighted by atomic mass is 19.4. The van der Waals surface area contributed by atoms with Crippen LogP contribution in [-0.4, -0.2) is 30.6 Å². The van der Waals surface area contributed by atoms with Gasteiger partial charge < -0.3 is 10.2 Å². The fourth-order valence-corrected chi connectivity index (χ4v) is 3.73. The minimum Gasteiger partial charge on any atom is -0.385 e. The number of halogens is 3. The van der Waals surface area contributed by atoms with Gasteiger partial charge in [-0.15, -0.1) is 0 Å². The minimum atomic E-state index is -4.26. The second-order valence-electron chi connectivity index (χ2n) is 6.34. The molecular weight excluding hydrogens is 277 g/mol. The van der Waals surface area contributed by atoms with Crippen LogP contribution in [0.4, 0.5) is 18.9 Å². The lowest BCUT2D eigenvalue weighted by molar-refractivity contribution is -0.137. The number of benzene rings is 1. The van der Waals surface area contributed by atoms with Crippen LogP contribution >= 0.6 is 0 Å². The largest absolute Gasteiger partial charge is 0.416 e. The molecule has 116 valence electrons. The van der Waals surface area contributed by atoms with Crippen molar-refractivity contribution in [2.24, 2.45) is 5.92 Å². The quantitative estimate of drug-likeness (QED) is 0.907. The van der Waals surface area contributed by atoms with E-state index in [1.807, 2.05) is 0 Å². The fraction of sp³-hybridized carbons (Fsp3) is 0.625. The molecule has 3 rings (SSSR count). The van der Waals surface area contributed by atoms with E-state index in [1.165, 1.54) is 37.8 Å². The molecular formula is C16H21F3N2. The zero-order valence-corrected chi connectivity index (χ0v) is 12.2. The Hall–Kier alpha value is -1.23. The van der Waals surface area contributed by atoms with Crippen molar-refractivity contribution in [3.63, 3.8) is 0 Å². The van der Waals surface area contributed by atoms with Crippen molar-refractivity contribution in [2.75, 3.05) is 18.9 Å². The van der Waals surface area contributed by atoms with Crippen molar-refractivity contribution >= 4 is 5.69 Å². The predicted octanol–water partition coefficient (Wildman–Crippen LogP) is 3.99. The summed E-state index contributed by atoms with van der Waals surface area (Å²) in [6, 6.07) is 6.71. The molecule has 1 aromatic carbocycles. The van der Waals surface area contributed by atoms with Gasteiger partial charge >= 0.3 is 6.18 Å². The number of fused-ring (bicyclic) bond motifs is 2. The van der Waals surface area contributed by atoms with Gasteiger partial charge in [0.25, 0.3) is 0 Å². The maximum absolute atomic E-state index is 12.5. The van der Waals surface area contributed by atoms with Crippen LogP contribution < -0.4 is 5.32 Å². The number of nitrogens with one attached hydrogen (secondary N) is 1. The summed E-state index contributed by atoms with van der Waals surface area (Å²) in [7, 11) is 2.21. The van der Waals surface area contributed by atoms with E-state index >= 15 is 0 Å². The van der Waals surface area contributed by atoms with E-state index in [4.69, 9.17) is 0 Å². The third-order valence-corrected chi connectivity index (χ3v) is 5.00. The molecule has 1 N–H and O–H groups in total. The Morgan fingerprint density at radius 2 is 1.67 bits per heavy atom. The van der Waals surface area contributed by atoms with Crippen molar-refractivity contribution in [1.82, 2.24) is 4.90 Å². The van der Waals surface area contributed by atoms with Gasteiger partial charge in [-0.05, 0) is 62.9 Å². The molecule has 21 heavy (non-hydrogen) atoms. The number of nitrogens with zero attached hydrogens (tertiary/aromatic N) is 1. The summed E-state index contributed by atoms with van der Waals surface area (Å²) in [5.74, 6) is 0.626. The van der Waals surface area contributed by atoms with Gasteiger partial charge in [0.2, 0.25) is 0 Å². The lowest BCUT2D eigenvalue weighted by atomic mass is 9.91. The Kier molecular flexibility index (Phi) is 3.86. The number of anilines is 1. The molecule has 2 aliphatic rings. The van der Waals surface area contributed by atoms with E-state index in [1.54, 1.807) is 0 Å². The van der Waals surface area contributed by atoms with Crippen LogP contribution in [0.3, 0.4) is 0 Å². The SMILES string of the molecule is CN1C2CCC1CC(CNc1ccc(C(F)(F)F)cc1)C2. The van der Waals surface area contributed by atoms with Gasteiger partial charge in [0.05, 0.1) is 5.56 Å². The second-order valence-corrected chi connectivity index (χ2v) is 6.34. The van der Waals surface area contributed by atoms with Gasteiger partial charge in [0.1, 0.15) is 0 Å². The topological polar surface area (TPSA) is 15.3 Å². The van der Waals surface area contributed by atoms with E-state index in [0.29, 0.717) is 18.0 Å². The number of rotatable bonds is 3. The number of hydrogen-bond acceptors (Lipinski definition) is 2. The summed E-state index contributed by atoms with van der Waals surface area (Å²) in [5, 5.41) is 3.29. The molecule has 2 fully saturated rings. The van der Waals surface area contributed by atoms with Crippen LogP contribution in [0.1, 0.15) is 31.2 Å². The Labute approximate surface area is 123 Å². The smallest absolute Gasteiger partial charge is 0.385 e. The van der Waals surface area contributed by atoms with Gasteiger partial charge in [-0.1, -0.05) is 0 Å². The van der Waals surface area contributed by atoms with Crippen LogP contribution in [0.5, 0.6) is 0 Å². The van der Waals surface area contributed by atoms with E-state index < -0.39 is 11.7 Å². The van der Waals surface area contributed by atoms with Crippen LogP contribution in [0.15, 0.2) is 24.3 Å². The molecule has 0 amide bonds. The third-order valence-electron chi connectivity index (χ3n) is 5.00. The first-order valence-electron chi connectivity index (χ1n) is 7.56. The maximum atomic E-state index is 12.5. The first-order valence-corrected chi connectivity index (χ1v) is 7.56. The van der Waals surface area contributed by atoms with Gasteiger partial charge in [-0.25, -0.2) is 0 Å². The van der Waals surface area contributed by atoms with Gasteiger partial charge in [-0.2, -0.15) is 13.2 Å². The molecule has 0 saturated carbocycles. The lowest BCUT2D eigenvalue weighted by Gasteiger charge is -2.36. The second kappa shape index (κ2) is 5.52. The predicted molar refractivity (Wildman–Crippen MR) is 77.2 cm³/mol. The van der Waals surface area contributed by atoms with Crippen molar-refractivity contribution in [2.45, 2.75) is 43.9 Å². The average Bonchev–Trinajstić information content (AvgIpc) is 2.66. The lowest BCUT2D eigenvalue weighted by Crippen LogP contribution is -2.41. The van der Waals surface area contributed by atoms with Crippen molar-refractivity contribution in [3.8, 4) is 0 Å². The van der Waals surface area contributed by atoms with Gasteiger partial charge in [0.15, 0.2) is 0 Å². The first kappa shape index (κ1) is 14.7. The van der Waals surface area contributed by atoms with Gasteiger partial charge in [-0.3, -0.25) is 0 Å². The summed E-state index contributed by atoms with van der Waals surface area (Å²) < 4.78 is 37.5. The summed E-state index contributed by atoms with van der Waals surface area (Å²) in [6.45, 7) is 0.853. The molecule has 0 spiro atoms. The molecule has 0 radical (unpaired) electrons. The Bertz CT molecular complexity index is 469. The van der Waals surface area contributed by atoms with E-state index in [9.17, 15) is 13.2 Å². The molecule has 2 bridgehead atoms. The zero-order valence-electron chi connectivity index (χ0n) is 12.2. The third kappa shape index (κ3) is 3.18. The van der Waals surface area contributed by atoms with Crippen LogP contribution in [-0.2, 0) is 6.18 Å².